The summed E-state index contributed by atoms with van der Waals surface area (Å²) in [4.78, 5) is 32.0. The quantitative estimate of drug-likeness (QED) is 0.0272. The fourth-order valence-corrected chi connectivity index (χ4v) is 7.49. The molecule has 0 aromatic carbocycles. The number of hydrogen-bond donors (Lipinski definition) is 2. The second kappa shape index (κ2) is 43.4. The molecule has 3 N–H and O–H groups in total. The molecule has 1 aromatic heterocycles. The lowest BCUT2D eigenvalue weighted by Gasteiger charge is -2.21. The van der Waals surface area contributed by atoms with Crippen molar-refractivity contribution >= 4 is 37.5 Å². The van der Waals surface area contributed by atoms with Crippen LogP contribution in [0.1, 0.15) is 153 Å². The highest BCUT2D eigenvalue weighted by molar-refractivity contribution is 9.09. The molecule has 0 spiro atoms. The average Bonchev–Trinajstić information content (AvgIpc) is 3.22. The number of unbranched alkanes of at least 4 members (excludes halogenated alkanes) is 18. The molecule has 354 valence electrons. The minimum atomic E-state index is -4.19. The zero-order valence-corrected chi connectivity index (χ0v) is 40.4. The summed E-state index contributed by atoms with van der Waals surface area (Å²) in [5.41, 5.74) is 5.57. The number of carbonyl (C=O) groups is 1. The first-order valence-electron chi connectivity index (χ1n) is 22.4. The smallest absolute Gasteiger partial charge is 0.472 e. The summed E-state index contributed by atoms with van der Waals surface area (Å²) < 4.78 is 65.5. The number of nitrogens with zero attached hydrogens (tertiary/aromatic N) is 1. The molecule has 0 aliphatic heterocycles. The van der Waals surface area contributed by atoms with Gasteiger partial charge in [-0.3, -0.25) is 18.4 Å². The van der Waals surface area contributed by atoms with Crippen LogP contribution >= 0.6 is 31.6 Å². The van der Waals surface area contributed by atoms with Crippen molar-refractivity contribution in [1.82, 2.24) is 0 Å². The fourth-order valence-electron chi connectivity index (χ4n) is 5.70. The van der Waals surface area contributed by atoms with E-state index in [1.807, 2.05) is 0 Å². The van der Waals surface area contributed by atoms with E-state index in [0.29, 0.717) is 43.9 Å². The summed E-state index contributed by atoms with van der Waals surface area (Å²) >= 11 is 3.08. The second-order valence-corrected chi connectivity index (χ2v) is 18.1. The van der Waals surface area contributed by atoms with Gasteiger partial charge in [-0.2, -0.15) is 0 Å². The van der Waals surface area contributed by atoms with E-state index in [4.69, 9.17) is 33.7 Å². The number of nitrogens with two attached hydrogens (primary N) is 1. The van der Waals surface area contributed by atoms with Crippen molar-refractivity contribution in [2.75, 3.05) is 84.6 Å². The molecule has 2 atom stereocenters. The number of carbonyl (C=O) groups excluding carboxylic acids is 1. The third-order valence-electron chi connectivity index (χ3n) is 9.09. The van der Waals surface area contributed by atoms with E-state index in [9.17, 15) is 23.7 Å². The van der Waals surface area contributed by atoms with Gasteiger partial charge in [-0.15, -0.1) is 0 Å². The Balaban J connectivity index is 0.00000121. The highest BCUT2D eigenvalue weighted by Gasteiger charge is 2.21. The number of ether oxygens (including phenoxy) is 4. The molecule has 1 heterocycles. The number of phosphoric acid groups is 2. The lowest BCUT2D eigenvalue weighted by Crippen LogP contribution is -2.35. The van der Waals surface area contributed by atoms with Gasteiger partial charge in [0, 0.05) is 30.7 Å². The van der Waals surface area contributed by atoms with Gasteiger partial charge in [0.2, 0.25) is 5.91 Å². The van der Waals surface area contributed by atoms with Crippen LogP contribution in [0.15, 0.2) is 24.5 Å². The van der Waals surface area contributed by atoms with Crippen molar-refractivity contribution in [2.24, 2.45) is 5.73 Å². The molecule has 18 heteroatoms. The normalized spacial score (nSPS) is 13.4. The number of phosphoric ester groups is 2. The molecule has 0 saturated heterocycles. The highest BCUT2D eigenvalue weighted by Crippen LogP contribution is 2.42. The molecule has 15 nitrogen and oxygen atoms in total. The molecule has 2 unspecified atom stereocenters. The summed E-state index contributed by atoms with van der Waals surface area (Å²) in [7, 11) is -8.33. The lowest BCUT2D eigenvalue weighted by atomic mass is 10.1. The van der Waals surface area contributed by atoms with E-state index in [2.05, 4.69) is 38.8 Å². The van der Waals surface area contributed by atoms with E-state index in [-0.39, 0.29) is 39.6 Å². The van der Waals surface area contributed by atoms with Crippen molar-refractivity contribution in [2.45, 2.75) is 149 Å². The van der Waals surface area contributed by atoms with Crippen LogP contribution in [0, 0.1) is 0 Å². The van der Waals surface area contributed by atoms with E-state index < -0.39 is 21.6 Å². The molecule has 0 saturated carbocycles. The number of primary amides is 1. The van der Waals surface area contributed by atoms with Crippen LogP contribution in [0.2, 0.25) is 0 Å². The monoisotopic (exact) mass is 962 g/mol. The Morgan fingerprint density at radius 3 is 1.33 bits per heavy atom. The maximum Gasteiger partial charge on any atom is 0.472 e. The van der Waals surface area contributed by atoms with Gasteiger partial charge in [-0.1, -0.05) is 145 Å². The van der Waals surface area contributed by atoms with Crippen molar-refractivity contribution in [3.63, 3.8) is 0 Å². The number of rotatable bonds is 44. The van der Waals surface area contributed by atoms with Gasteiger partial charge in [0.25, 0.3) is 7.82 Å². The summed E-state index contributed by atoms with van der Waals surface area (Å²) in [6.45, 7) is 8.50. The number of hydrogen-bond acceptors (Lipinski definition) is 12. The van der Waals surface area contributed by atoms with Crippen molar-refractivity contribution in [1.29, 1.82) is 0 Å². The molecule has 1 aromatic rings. The third kappa shape index (κ3) is 42.5. The highest BCUT2D eigenvalue weighted by atomic mass is 79.9. The Kier molecular flexibility index (Phi) is 42.8. The number of alkyl halides is 1. The zero-order valence-electron chi connectivity index (χ0n) is 37.0. The van der Waals surface area contributed by atoms with Crippen molar-refractivity contribution < 1.29 is 65.3 Å². The van der Waals surface area contributed by atoms with E-state index in [1.54, 1.807) is 29.1 Å². The largest absolute Gasteiger partial charge is 0.756 e. The first-order valence-corrected chi connectivity index (χ1v) is 26.5. The van der Waals surface area contributed by atoms with Gasteiger partial charge in [-0.25, -0.2) is 9.13 Å². The topological polar surface area (TPSA) is 198 Å². The van der Waals surface area contributed by atoms with Gasteiger partial charge in [0.1, 0.15) is 6.61 Å². The van der Waals surface area contributed by atoms with Crippen LogP contribution in [0.25, 0.3) is 0 Å². The first-order chi connectivity index (χ1) is 29.1. The van der Waals surface area contributed by atoms with Crippen LogP contribution in [0.3, 0.4) is 0 Å². The number of halogens is 1. The van der Waals surface area contributed by atoms with Crippen LogP contribution in [-0.2, 0) is 52.7 Å². The Labute approximate surface area is 370 Å². The maximum absolute atomic E-state index is 11.9. The van der Waals surface area contributed by atoms with Gasteiger partial charge in [0.05, 0.1) is 65.0 Å². The Bertz CT molecular complexity index is 1190. The molecule has 0 fully saturated rings. The van der Waals surface area contributed by atoms with Crippen LogP contribution in [0.4, 0.5) is 0 Å². The van der Waals surface area contributed by atoms with Gasteiger partial charge in [-0.05, 0) is 12.8 Å². The third-order valence-corrected chi connectivity index (χ3v) is 11.4. The Hall–Kier alpha value is -0.840. The molecule has 60 heavy (non-hydrogen) atoms. The van der Waals surface area contributed by atoms with Crippen molar-refractivity contribution in [3.05, 3.63) is 30.1 Å². The molecule has 1 amide bonds. The summed E-state index contributed by atoms with van der Waals surface area (Å²) in [6.07, 6.45) is 29.4. The predicted molar refractivity (Wildman–Crippen MR) is 237 cm³/mol. The van der Waals surface area contributed by atoms with E-state index in [1.165, 1.54) is 116 Å². The number of aromatic nitrogens is 1. The van der Waals surface area contributed by atoms with E-state index in [0.717, 1.165) is 26.1 Å². The summed E-state index contributed by atoms with van der Waals surface area (Å²) in [5.74, 6) is -0.514. The molecular weight excluding hydrogens is 882 g/mol. The van der Waals surface area contributed by atoms with Crippen LogP contribution in [0.5, 0.6) is 0 Å². The van der Waals surface area contributed by atoms with Crippen LogP contribution in [-0.4, -0.2) is 95.4 Å². The molecule has 1 rings (SSSR count). The second-order valence-electron chi connectivity index (χ2n) is 14.4. The minimum Gasteiger partial charge on any atom is -0.756 e. The summed E-state index contributed by atoms with van der Waals surface area (Å²) in [6, 6.07) is 3.13. The zero-order chi connectivity index (χ0) is 44.3. The van der Waals surface area contributed by atoms with E-state index >= 15 is 0 Å². The molecule has 0 aliphatic rings. The Morgan fingerprint density at radius 1 is 0.567 bits per heavy atom. The Morgan fingerprint density at radius 2 is 0.917 bits per heavy atom. The summed E-state index contributed by atoms with van der Waals surface area (Å²) in [5, 5.41) is 0.440. The lowest BCUT2D eigenvalue weighted by molar-refractivity contribution is -0.697. The van der Waals surface area contributed by atoms with Crippen molar-refractivity contribution in [3.8, 4) is 0 Å². The predicted octanol–water partition coefficient (Wildman–Crippen LogP) is 9.00. The standard InChI is InChI=1S/C24H43N2O7P.C18H38BrO6P/c1-2-3-4-5-6-7-8-9-10-11-17-30-19-20-31-21-22-33-34(28,29)32-18-16-26-14-12-23(13-15-26)24(25)27;1-2-3-4-5-6-7-8-9-10-11-13-22-15-16-23-17-18-25-26(20,21)24-14-12-19/h12-15H,2-11,16-22H2,1H3,(H2-,25,27,28,29);2-18H2,1H3,(H,20,21). The van der Waals surface area contributed by atoms with Gasteiger partial charge >= 0.3 is 7.82 Å². The number of amides is 1. The molecule has 0 aliphatic carbocycles. The SMILES string of the molecule is CCCCCCCCCCCCOCCOCCOP(=O)(O)OCC[n+]1ccc(C(N)=O)cc1.CCCCCCCCCCCCOCCOCCOP(=O)([O-])OCCBr. The number of pyridine rings is 1. The van der Waals surface area contributed by atoms with Gasteiger partial charge < -0.3 is 43.5 Å². The van der Waals surface area contributed by atoms with Gasteiger partial charge in [0.15, 0.2) is 18.9 Å². The molecule has 0 radical (unpaired) electrons. The van der Waals surface area contributed by atoms with Crippen LogP contribution < -0.4 is 15.2 Å². The molecule has 0 bridgehead atoms. The maximum atomic E-state index is 11.9. The molecular formula is C42H81BrN2O13P2. The average molecular weight is 964 g/mol. The fraction of sp³-hybridized carbons (Fsp3) is 0.857. The first kappa shape index (κ1) is 59.2. The minimum absolute atomic E-state index is 0.0258.